The molecule has 0 spiro atoms. The molecule has 5 nitrogen and oxygen atoms in total. The number of nitrogens with zero attached hydrogens (tertiary/aromatic N) is 1. The lowest BCUT2D eigenvalue weighted by atomic mass is 10.1. The van der Waals surface area contributed by atoms with Gasteiger partial charge in [0.05, 0.1) is 20.0 Å². The van der Waals surface area contributed by atoms with Gasteiger partial charge in [0.1, 0.15) is 0 Å². The maximum Gasteiger partial charge on any atom is 0.305 e. The highest BCUT2D eigenvalue weighted by Crippen LogP contribution is 2.10. The first-order valence-corrected chi connectivity index (χ1v) is 9.58. The molecule has 0 saturated carbocycles. The fourth-order valence-electron chi connectivity index (χ4n) is 2.94. The van der Waals surface area contributed by atoms with Gasteiger partial charge in [0.2, 0.25) is 11.8 Å². The van der Waals surface area contributed by atoms with Crippen LogP contribution in [0.5, 0.6) is 0 Å². The largest absolute Gasteiger partial charge is 0.469 e. The van der Waals surface area contributed by atoms with Gasteiger partial charge in [-0.05, 0) is 24.0 Å². The summed E-state index contributed by atoms with van der Waals surface area (Å²) in [6.45, 7) is 0.360. The summed E-state index contributed by atoms with van der Waals surface area (Å²) < 4.78 is 4.63. The van der Waals surface area contributed by atoms with Gasteiger partial charge in [0, 0.05) is 13.0 Å². The summed E-state index contributed by atoms with van der Waals surface area (Å²) in [5.41, 5.74) is 1.77. The van der Waals surface area contributed by atoms with Crippen LogP contribution in [0.3, 0.4) is 0 Å². The Hall–Kier alpha value is -2.95. The molecular weight excluding hydrogens is 354 g/mol. The van der Waals surface area contributed by atoms with Gasteiger partial charge in [-0.1, -0.05) is 67.1 Å². The highest BCUT2D eigenvalue weighted by Gasteiger charge is 2.21. The topological polar surface area (TPSA) is 63.7 Å². The first-order chi connectivity index (χ1) is 13.6. The molecule has 0 atom stereocenters. The van der Waals surface area contributed by atoms with Crippen molar-refractivity contribution in [2.24, 2.45) is 0 Å². The lowest BCUT2D eigenvalue weighted by Crippen LogP contribution is -2.39. The number of imide groups is 1. The molecule has 0 bridgehead atoms. The third kappa shape index (κ3) is 7.35. The second-order valence-corrected chi connectivity index (χ2v) is 6.65. The number of methoxy groups -OCH3 is 1. The quantitative estimate of drug-likeness (QED) is 0.466. The SMILES string of the molecule is COC(=O)CCCCCN(C(=O)Cc1ccccc1)C(=O)Cc1ccccc1. The van der Waals surface area contributed by atoms with Gasteiger partial charge >= 0.3 is 5.97 Å². The molecule has 0 aliphatic rings. The average molecular weight is 381 g/mol. The van der Waals surface area contributed by atoms with E-state index in [2.05, 4.69) is 4.74 Å². The molecule has 2 aromatic rings. The second kappa shape index (κ2) is 11.7. The number of amides is 2. The van der Waals surface area contributed by atoms with Crippen molar-refractivity contribution in [1.29, 1.82) is 0 Å². The minimum absolute atomic E-state index is 0.194. The zero-order valence-corrected chi connectivity index (χ0v) is 16.3. The van der Waals surface area contributed by atoms with Gasteiger partial charge < -0.3 is 4.74 Å². The Balaban J connectivity index is 1.96. The van der Waals surface area contributed by atoms with E-state index in [-0.39, 0.29) is 30.6 Å². The number of benzene rings is 2. The summed E-state index contributed by atoms with van der Waals surface area (Å²) in [5.74, 6) is -0.627. The van der Waals surface area contributed by atoms with Crippen molar-refractivity contribution in [3.8, 4) is 0 Å². The molecule has 0 aliphatic heterocycles. The second-order valence-electron chi connectivity index (χ2n) is 6.65. The van der Waals surface area contributed by atoms with E-state index in [9.17, 15) is 14.4 Å². The van der Waals surface area contributed by atoms with Crippen LogP contribution in [-0.4, -0.2) is 36.3 Å². The summed E-state index contributed by atoms with van der Waals surface area (Å²) in [4.78, 5) is 38.1. The van der Waals surface area contributed by atoms with Gasteiger partial charge in [-0.2, -0.15) is 0 Å². The van der Waals surface area contributed by atoms with Crippen molar-refractivity contribution in [2.45, 2.75) is 38.5 Å². The molecule has 148 valence electrons. The van der Waals surface area contributed by atoms with E-state index in [0.29, 0.717) is 25.8 Å². The van der Waals surface area contributed by atoms with Crippen molar-refractivity contribution in [3.05, 3.63) is 71.8 Å². The van der Waals surface area contributed by atoms with Crippen LogP contribution in [-0.2, 0) is 32.0 Å². The lowest BCUT2D eigenvalue weighted by molar-refractivity contribution is -0.144. The Morgan fingerprint density at radius 2 is 1.25 bits per heavy atom. The third-order valence-electron chi connectivity index (χ3n) is 4.49. The van der Waals surface area contributed by atoms with Gasteiger partial charge in [-0.3, -0.25) is 19.3 Å². The number of rotatable bonds is 10. The van der Waals surface area contributed by atoms with Gasteiger partial charge in [-0.25, -0.2) is 0 Å². The fourth-order valence-corrected chi connectivity index (χ4v) is 2.94. The van der Waals surface area contributed by atoms with E-state index in [1.54, 1.807) is 0 Å². The molecular formula is C23H27NO4. The molecule has 0 heterocycles. The Morgan fingerprint density at radius 1 is 0.750 bits per heavy atom. The monoisotopic (exact) mass is 381 g/mol. The van der Waals surface area contributed by atoms with Crippen molar-refractivity contribution in [1.82, 2.24) is 4.90 Å². The number of unbranched alkanes of at least 4 members (excludes halogenated alkanes) is 2. The van der Waals surface area contributed by atoms with Crippen LogP contribution in [0, 0.1) is 0 Å². The fraction of sp³-hybridized carbons (Fsp3) is 0.348. The van der Waals surface area contributed by atoms with E-state index in [1.807, 2.05) is 60.7 Å². The number of carbonyl (C=O) groups is 3. The minimum Gasteiger partial charge on any atom is -0.469 e. The number of ether oxygens (including phenoxy) is 1. The molecule has 0 aromatic heterocycles. The van der Waals surface area contributed by atoms with Crippen LogP contribution < -0.4 is 0 Å². The predicted octanol–water partition coefficient (Wildman–Crippen LogP) is 3.56. The van der Waals surface area contributed by atoms with Crippen molar-refractivity contribution in [3.63, 3.8) is 0 Å². The van der Waals surface area contributed by atoms with E-state index >= 15 is 0 Å². The summed E-state index contributed by atoms with van der Waals surface area (Å²) in [6, 6.07) is 18.8. The highest BCUT2D eigenvalue weighted by atomic mass is 16.5. The Morgan fingerprint density at radius 3 is 1.71 bits per heavy atom. The maximum absolute atomic E-state index is 12.8. The molecule has 0 aliphatic carbocycles. The van der Waals surface area contributed by atoms with Gasteiger partial charge in [-0.15, -0.1) is 0 Å². The Bertz CT molecular complexity index is 705. The smallest absolute Gasteiger partial charge is 0.305 e. The van der Waals surface area contributed by atoms with Crippen molar-refractivity contribution in [2.75, 3.05) is 13.7 Å². The zero-order valence-electron chi connectivity index (χ0n) is 16.3. The Labute approximate surface area is 166 Å². The predicted molar refractivity (Wildman–Crippen MR) is 107 cm³/mol. The van der Waals surface area contributed by atoms with Crippen LogP contribution in [0.2, 0.25) is 0 Å². The molecule has 28 heavy (non-hydrogen) atoms. The average Bonchev–Trinajstić information content (AvgIpc) is 2.71. The van der Waals surface area contributed by atoms with Crippen LogP contribution >= 0.6 is 0 Å². The third-order valence-corrected chi connectivity index (χ3v) is 4.49. The first kappa shape index (κ1) is 21.4. The lowest BCUT2D eigenvalue weighted by Gasteiger charge is -2.21. The number of carbonyl (C=O) groups excluding carboxylic acids is 3. The van der Waals surface area contributed by atoms with Crippen LogP contribution in [0.4, 0.5) is 0 Å². The molecule has 0 unspecified atom stereocenters. The molecule has 5 heteroatoms. The molecule has 0 saturated heterocycles. The molecule has 2 aromatic carbocycles. The summed E-state index contributed by atoms with van der Waals surface area (Å²) in [6.07, 6.45) is 2.85. The van der Waals surface area contributed by atoms with E-state index in [1.165, 1.54) is 12.0 Å². The van der Waals surface area contributed by atoms with Crippen molar-refractivity contribution >= 4 is 17.8 Å². The molecule has 0 N–H and O–H groups in total. The summed E-state index contributed by atoms with van der Waals surface area (Å²) in [5, 5.41) is 0. The molecule has 0 fully saturated rings. The van der Waals surface area contributed by atoms with E-state index in [0.717, 1.165) is 17.5 Å². The molecule has 0 radical (unpaired) electrons. The van der Waals surface area contributed by atoms with Crippen molar-refractivity contribution < 1.29 is 19.1 Å². The maximum atomic E-state index is 12.8. The van der Waals surface area contributed by atoms with Gasteiger partial charge in [0.25, 0.3) is 0 Å². The minimum atomic E-state index is -0.239. The van der Waals surface area contributed by atoms with Crippen LogP contribution in [0.15, 0.2) is 60.7 Å². The zero-order chi connectivity index (χ0) is 20.2. The number of hydrogen-bond acceptors (Lipinski definition) is 4. The molecule has 2 amide bonds. The summed E-state index contributed by atoms with van der Waals surface area (Å²) >= 11 is 0. The van der Waals surface area contributed by atoms with Crippen LogP contribution in [0.1, 0.15) is 36.8 Å². The Kier molecular flexibility index (Phi) is 8.92. The van der Waals surface area contributed by atoms with Crippen LogP contribution in [0.25, 0.3) is 0 Å². The number of esters is 1. The van der Waals surface area contributed by atoms with E-state index in [4.69, 9.17) is 0 Å². The van der Waals surface area contributed by atoms with Gasteiger partial charge in [0.15, 0.2) is 0 Å². The van der Waals surface area contributed by atoms with E-state index < -0.39 is 0 Å². The standard InChI is InChI=1S/C23H27NO4/c1-28-23(27)15-9-4-10-16-24(21(25)17-19-11-5-2-6-12-19)22(26)18-20-13-7-3-8-14-20/h2-3,5-8,11-14H,4,9-10,15-18H2,1H3. The summed E-state index contributed by atoms with van der Waals surface area (Å²) in [7, 11) is 1.37. The highest BCUT2D eigenvalue weighted by molar-refractivity contribution is 5.97. The normalized spacial score (nSPS) is 10.3. The number of hydrogen-bond donors (Lipinski definition) is 0. The molecule has 2 rings (SSSR count). The first-order valence-electron chi connectivity index (χ1n) is 9.58.